The molecule has 2 nitrogen and oxygen atoms in total. The van der Waals surface area contributed by atoms with Gasteiger partial charge in [0.2, 0.25) is 0 Å². The smallest absolute Gasteiger partial charge is 0.169 e. The molecule has 0 fully saturated rings. The molecule has 0 atom stereocenters. The molecule has 2 heteroatoms. The zero-order valence-electron chi connectivity index (χ0n) is 10.5. The summed E-state index contributed by atoms with van der Waals surface area (Å²) in [5, 5.41) is 0. The summed E-state index contributed by atoms with van der Waals surface area (Å²) in [5.41, 5.74) is 2.42. The Kier molecular flexibility index (Phi) is 4.53. The van der Waals surface area contributed by atoms with Gasteiger partial charge in [-0.25, -0.2) is 0 Å². The largest absolute Gasteiger partial charge is 0.486 e. The lowest BCUT2D eigenvalue weighted by molar-refractivity contribution is -0.120. The zero-order chi connectivity index (χ0) is 12.1. The van der Waals surface area contributed by atoms with Crippen LogP contribution in [0.1, 0.15) is 44.2 Å². The van der Waals surface area contributed by atoms with Crippen LogP contribution in [-0.4, -0.2) is 12.4 Å². The van der Waals surface area contributed by atoms with Crippen LogP contribution in [0.4, 0.5) is 0 Å². The number of aryl methyl sites for hydroxylation is 1. The highest BCUT2D eigenvalue weighted by molar-refractivity contribution is 5.79. The quantitative estimate of drug-likeness (QED) is 0.759. The minimum absolute atomic E-state index is 0.132. The van der Waals surface area contributed by atoms with Gasteiger partial charge >= 0.3 is 0 Å². The van der Waals surface area contributed by atoms with E-state index in [1.807, 2.05) is 26.0 Å². The molecule has 0 unspecified atom stereocenters. The van der Waals surface area contributed by atoms with E-state index in [2.05, 4.69) is 19.9 Å². The van der Waals surface area contributed by atoms with Crippen molar-refractivity contribution in [3.8, 4) is 5.75 Å². The first-order valence-electron chi connectivity index (χ1n) is 5.79. The molecule has 88 valence electrons. The number of carbonyl (C=O) groups is 1. The number of benzene rings is 1. The molecule has 1 aromatic rings. The molecule has 1 rings (SSSR count). The maximum Gasteiger partial charge on any atom is 0.169 e. The molecule has 0 saturated carbocycles. The Bertz CT molecular complexity index is 367. The van der Waals surface area contributed by atoms with Crippen molar-refractivity contribution in [2.24, 2.45) is 0 Å². The van der Waals surface area contributed by atoms with Gasteiger partial charge in [-0.15, -0.1) is 0 Å². The van der Waals surface area contributed by atoms with E-state index >= 15 is 0 Å². The molecule has 0 heterocycles. The molecule has 1 aromatic carbocycles. The topological polar surface area (TPSA) is 26.3 Å². The van der Waals surface area contributed by atoms with Crippen molar-refractivity contribution in [3.63, 3.8) is 0 Å². The number of ketones is 1. The van der Waals surface area contributed by atoms with E-state index in [0.717, 1.165) is 5.75 Å². The molecule has 0 bridgehead atoms. The summed E-state index contributed by atoms with van der Waals surface area (Å²) in [4.78, 5) is 11.2. The summed E-state index contributed by atoms with van der Waals surface area (Å²) in [6, 6.07) is 6.13. The van der Waals surface area contributed by atoms with Crippen molar-refractivity contribution in [1.82, 2.24) is 0 Å². The monoisotopic (exact) mass is 220 g/mol. The number of Topliss-reactive ketones (excluding diaryl/α,β-unsaturated/α-hetero) is 1. The first-order chi connectivity index (χ1) is 7.52. The minimum Gasteiger partial charge on any atom is -0.486 e. The maximum atomic E-state index is 11.2. The van der Waals surface area contributed by atoms with Crippen molar-refractivity contribution >= 4 is 5.78 Å². The second-order valence-electron chi connectivity index (χ2n) is 4.42. The van der Waals surface area contributed by atoms with Crippen LogP contribution in [0.25, 0.3) is 0 Å². The van der Waals surface area contributed by atoms with Gasteiger partial charge in [-0.1, -0.05) is 26.8 Å². The average Bonchev–Trinajstić information content (AvgIpc) is 2.25. The molecule has 0 amide bonds. The van der Waals surface area contributed by atoms with Gasteiger partial charge in [0.05, 0.1) is 0 Å². The third kappa shape index (κ3) is 3.69. The number of hydrogen-bond donors (Lipinski definition) is 0. The molecule has 0 N–H and O–H groups in total. The van der Waals surface area contributed by atoms with Crippen LogP contribution in [0, 0.1) is 6.92 Å². The summed E-state index contributed by atoms with van der Waals surface area (Å²) >= 11 is 0. The van der Waals surface area contributed by atoms with Crippen molar-refractivity contribution in [2.75, 3.05) is 6.61 Å². The van der Waals surface area contributed by atoms with Crippen molar-refractivity contribution in [2.45, 2.75) is 40.0 Å². The predicted octanol–water partition coefficient (Wildman–Crippen LogP) is 3.48. The van der Waals surface area contributed by atoms with Gasteiger partial charge in [0.25, 0.3) is 0 Å². The molecule has 0 saturated heterocycles. The highest BCUT2D eigenvalue weighted by Gasteiger charge is 2.05. The summed E-state index contributed by atoms with van der Waals surface area (Å²) in [5.74, 6) is 1.40. The average molecular weight is 220 g/mol. The normalized spacial score (nSPS) is 10.6. The molecule has 0 aromatic heterocycles. The minimum atomic E-state index is 0.132. The fourth-order valence-electron chi connectivity index (χ4n) is 1.46. The van der Waals surface area contributed by atoms with Gasteiger partial charge in [-0.05, 0) is 36.1 Å². The Morgan fingerprint density at radius 3 is 2.56 bits per heavy atom. The predicted molar refractivity (Wildman–Crippen MR) is 66.1 cm³/mol. The molecule has 16 heavy (non-hydrogen) atoms. The lowest BCUT2D eigenvalue weighted by Gasteiger charge is -2.11. The fraction of sp³-hybridized carbons (Fsp3) is 0.500. The van der Waals surface area contributed by atoms with Crippen molar-refractivity contribution in [3.05, 3.63) is 29.3 Å². The molecule has 0 aliphatic carbocycles. The standard InChI is InChI=1S/C14H20O2/c1-5-13(15)9-16-14-7-11(4)6-12(8-14)10(2)3/h6-8,10H,5,9H2,1-4H3. The second-order valence-corrected chi connectivity index (χ2v) is 4.42. The number of rotatable bonds is 5. The van der Waals surface area contributed by atoms with Gasteiger partial charge in [0.1, 0.15) is 12.4 Å². The van der Waals surface area contributed by atoms with Gasteiger partial charge in [0, 0.05) is 6.42 Å². The lowest BCUT2D eigenvalue weighted by Crippen LogP contribution is -2.09. The van der Waals surface area contributed by atoms with Gasteiger partial charge < -0.3 is 4.74 Å². The van der Waals surface area contributed by atoms with Crippen LogP contribution in [0.15, 0.2) is 18.2 Å². The molecule has 0 radical (unpaired) electrons. The maximum absolute atomic E-state index is 11.2. The van der Waals surface area contributed by atoms with E-state index in [1.54, 1.807) is 0 Å². The highest BCUT2D eigenvalue weighted by atomic mass is 16.5. The van der Waals surface area contributed by atoms with E-state index in [0.29, 0.717) is 12.3 Å². The molecular weight excluding hydrogens is 200 g/mol. The molecule has 0 spiro atoms. The number of carbonyl (C=O) groups excluding carboxylic acids is 1. The van der Waals surface area contributed by atoms with Gasteiger partial charge in [0.15, 0.2) is 5.78 Å². The molecule has 0 aliphatic heterocycles. The van der Waals surface area contributed by atoms with Crippen LogP contribution in [-0.2, 0) is 4.79 Å². The van der Waals surface area contributed by atoms with E-state index < -0.39 is 0 Å². The number of ether oxygens (including phenoxy) is 1. The third-order valence-electron chi connectivity index (χ3n) is 2.53. The van der Waals surface area contributed by atoms with E-state index in [-0.39, 0.29) is 12.4 Å². The second kappa shape index (κ2) is 5.69. The summed E-state index contributed by atoms with van der Waals surface area (Å²) in [7, 11) is 0. The van der Waals surface area contributed by atoms with Crippen LogP contribution < -0.4 is 4.74 Å². The van der Waals surface area contributed by atoms with Crippen LogP contribution in [0.3, 0.4) is 0 Å². The highest BCUT2D eigenvalue weighted by Crippen LogP contribution is 2.22. The van der Waals surface area contributed by atoms with E-state index in [1.165, 1.54) is 11.1 Å². The van der Waals surface area contributed by atoms with Crippen molar-refractivity contribution in [1.29, 1.82) is 0 Å². The Morgan fingerprint density at radius 1 is 1.31 bits per heavy atom. The summed E-state index contributed by atoms with van der Waals surface area (Å²) < 4.78 is 5.48. The summed E-state index contributed by atoms with van der Waals surface area (Å²) in [6.07, 6.45) is 0.531. The lowest BCUT2D eigenvalue weighted by atomic mass is 10.0. The van der Waals surface area contributed by atoms with Crippen molar-refractivity contribution < 1.29 is 9.53 Å². The summed E-state index contributed by atoms with van der Waals surface area (Å²) in [6.45, 7) is 8.37. The van der Waals surface area contributed by atoms with Gasteiger partial charge in [-0.3, -0.25) is 4.79 Å². The number of hydrogen-bond acceptors (Lipinski definition) is 2. The molecule has 0 aliphatic rings. The van der Waals surface area contributed by atoms with Crippen LogP contribution in [0.5, 0.6) is 5.75 Å². The van der Waals surface area contributed by atoms with E-state index in [9.17, 15) is 4.79 Å². The molecular formula is C14H20O2. The SMILES string of the molecule is CCC(=O)COc1cc(C)cc(C(C)C)c1. The Labute approximate surface area is 97.6 Å². The van der Waals surface area contributed by atoms with E-state index in [4.69, 9.17) is 4.74 Å². The Morgan fingerprint density at radius 2 is 2.00 bits per heavy atom. The van der Waals surface area contributed by atoms with Crippen LogP contribution in [0.2, 0.25) is 0 Å². The fourth-order valence-corrected chi connectivity index (χ4v) is 1.46. The first-order valence-corrected chi connectivity index (χ1v) is 5.79. The first kappa shape index (κ1) is 12.8. The Hall–Kier alpha value is -1.31. The van der Waals surface area contributed by atoms with Crippen LogP contribution >= 0.6 is 0 Å². The Balaban J connectivity index is 2.76. The van der Waals surface area contributed by atoms with Gasteiger partial charge in [-0.2, -0.15) is 0 Å². The third-order valence-corrected chi connectivity index (χ3v) is 2.53. The zero-order valence-corrected chi connectivity index (χ0v) is 10.5.